The Morgan fingerprint density at radius 1 is 0.971 bits per heavy atom. The van der Waals surface area contributed by atoms with E-state index in [1.54, 1.807) is 6.07 Å². The number of benzene rings is 2. The Labute approximate surface area is 205 Å². The van der Waals surface area contributed by atoms with E-state index in [0.29, 0.717) is 11.3 Å². The molecule has 0 saturated heterocycles. The zero-order valence-corrected chi connectivity index (χ0v) is 20.1. The van der Waals surface area contributed by atoms with Gasteiger partial charge in [-0.05, 0) is 67.6 Å². The van der Waals surface area contributed by atoms with E-state index in [1.807, 2.05) is 62.4 Å². The Morgan fingerprint density at radius 3 is 2.37 bits per heavy atom. The lowest BCUT2D eigenvalue weighted by molar-refractivity contribution is -0.126. The third kappa shape index (κ3) is 5.80. The number of hydrogen-bond acceptors (Lipinski definition) is 4. The van der Waals surface area contributed by atoms with Crippen LogP contribution in [0.1, 0.15) is 59.0 Å². The van der Waals surface area contributed by atoms with E-state index < -0.39 is 17.9 Å². The molecule has 0 unspecified atom stereocenters. The van der Waals surface area contributed by atoms with Crippen molar-refractivity contribution in [3.63, 3.8) is 0 Å². The van der Waals surface area contributed by atoms with Gasteiger partial charge in [0.15, 0.2) is 5.76 Å². The van der Waals surface area contributed by atoms with E-state index in [4.69, 9.17) is 4.42 Å². The SMILES string of the molecule is Cc1ccc(N(C(=O)CNC(=O)c2ccco2)[C@H](C(=O)NC2CCCC2)c2ccccc2)cc1C. The Hall–Kier alpha value is -3.87. The molecule has 0 spiro atoms. The normalized spacial score (nSPS) is 14.3. The fourth-order valence-corrected chi connectivity index (χ4v) is 4.45. The number of amides is 3. The second kappa shape index (κ2) is 11.0. The van der Waals surface area contributed by atoms with Gasteiger partial charge in [0.05, 0.1) is 12.8 Å². The molecule has 0 bridgehead atoms. The molecule has 182 valence electrons. The molecule has 3 amide bonds. The number of rotatable bonds is 8. The molecule has 3 aromatic rings. The van der Waals surface area contributed by atoms with Gasteiger partial charge >= 0.3 is 0 Å². The summed E-state index contributed by atoms with van der Waals surface area (Å²) in [6.07, 6.45) is 5.43. The van der Waals surface area contributed by atoms with E-state index >= 15 is 0 Å². The third-order valence-corrected chi connectivity index (χ3v) is 6.51. The average molecular weight is 474 g/mol. The van der Waals surface area contributed by atoms with Crippen molar-refractivity contribution in [2.45, 2.75) is 51.6 Å². The van der Waals surface area contributed by atoms with Crippen LogP contribution in [-0.2, 0) is 9.59 Å². The van der Waals surface area contributed by atoms with Crippen LogP contribution in [-0.4, -0.2) is 30.3 Å². The summed E-state index contributed by atoms with van der Waals surface area (Å²) >= 11 is 0. The molecule has 1 aromatic heterocycles. The molecular formula is C28H31N3O4. The predicted molar refractivity (Wildman–Crippen MR) is 134 cm³/mol. The number of aryl methyl sites for hydroxylation is 2. The lowest BCUT2D eigenvalue weighted by Gasteiger charge is -2.33. The van der Waals surface area contributed by atoms with Crippen LogP contribution >= 0.6 is 0 Å². The van der Waals surface area contributed by atoms with Gasteiger partial charge in [-0.3, -0.25) is 19.3 Å². The highest BCUT2D eigenvalue weighted by Crippen LogP contribution is 2.30. The summed E-state index contributed by atoms with van der Waals surface area (Å²) in [7, 11) is 0. The first kappa shape index (κ1) is 24.3. The Morgan fingerprint density at radius 2 is 1.71 bits per heavy atom. The summed E-state index contributed by atoms with van der Waals surface area (Å²) in [5.41, 5.74) is 3.38. The maximum absolute atomic E-state index is 13.7. The van der Waals surface area contributed by atoms with Gasteiger partial charge in [-0.2, -0.15) is 0 Å². The fourth-order valence-electron chi connectivity index (χ4n) is 4.45. The minimum atomic E-state index is -0.882. The van der Waals surface area contributed by atoms with Crippen molar-refractivity contribution < 1.29 is 18.8 Å². The lowest BCUT2D eigenvalue weighted by atomic mass is 10.0. The lowest BCUT2D eigenvalue weighted by Crippen LogP contribution is -2.49. The molecule has 2 N–H and O–H groups in total. The van der Waals surface area contributed by atoms with E-state index in [0.717, 1.165) is 36.8 Å². The molecule has 1 heterocycles. The van der Waals surface area contributed by atoms with Crippen molar-refractivity contribution in [3.8, 4) is 0 Å². The highest BCUT2D eigenvalue weighted by molar-refractivity contribution is 6.04. The molecule has 1 saturated carbocycles. The van der Waals surface area contributed by atoms with Crippen LogP contribution in [0.15, 0.2) is 71.3 Å². The van der Waals surface area contributed by atoms with Gasteiger partial charge in [0.25, 0.3) is 5.91 Å². The van der Waals surface area contributed by atoms with Crippen molar-refractivity contribution in [3.05, 3.63) is 89.4 Å². The molecule has 0 radical (unpaired) electrons. The summed E-state index contributed by atoms with van der Waals surface area (Å²) < 4.78 is 5.13. The molecule has 1 aliphatic rings. The average Bonchev–Trinajstić information content (AvgIpc) is 3.58. The molecule has 1 atom stereocenters. The van der Waals surface area contributed by atoms with E-state index in [2.05, 4.69) is 10.6 Å². The van der Waals surface area contributed by atoms with Gasteiger partial charge in [-0.1, -0.05) is 49.2 Å². The van der Waals surface area contributed by atoms with E-state index in [1.165, 1.54) is 17.2 Å². The number of carbonyl (C=O) groups excluding carboxylic acids is 3. The van der Waals surface area contributed by atoms with Crippen molar-refractivity contribution in [2.75, 3.05) is 11.4 Å². The first-order valence-electron chi connectivity index (χ1n) is 12.0. The van der Waals surface area contributed by atoms with E-state index in [-0.39, 0.29) is 24.3 Å². The maximum atomic E-state index is 13.7. The highest BCUT2D eigenvalue weighted by Gasteiger charge is 2.34. The number of furan rings is 1. The zero-order valence-electron chi connectivity index (χ0n) is 20.1. The van der Waals surface area contributed by atoms with Crippen LogP contribution in [0, 0.1) is 13.8 Å². The topological polar surface area (TPSA) is 91.7 Å². The summed E-state index contributed by atoms with van der Waals surface area (Å²) in [6.45, 7) is 3.68. The number of nitrogens with zero attached hydrogens (tertiary/aromatic N) is 1. The summed E-state index contributed by atoms with van der Waals surface area (Å²) in [4.78, 5) is 41.3. The van der Waals surface area contributed by atoms with Gasteiger partial charge in [-0.25, -0.2) is 0 Å². The van der Waals surface area contributed by atoms with Gasteiger partial charge in [0.2, 0.25) is 11.8 Å². The minimum absolute atomic E-state index is 0.101. The van der Waals surface area contributed by atoms with Gasteiger partial charge in [-0.15, -0.1) is 0 Å². The molecule has 1 aliphatic carbocycles. The van der Waals surface area contributed by atoms with Crippen LogP contribution in [0.2, 0.25) is 0 Å². The number of hydrogen-bond donors (Lipinski definition) is 2. The van der Waals surface area contributed by atoms with E-state index in [9.17, 15) is 14.4 Å². The van der Waals surface area contributed by atoms with Crippen LogP contribution < -0.4 is 15.5 Å². The van der Waals surface area contributed by atoms with Crippen LogP contribution in [0.4, 0.5) is 5.69 Å². The second-order valence-corrected chi connectivity index (χ2v) is 9.00. The van der Waals surface area contributed by atoms with Crippen LogP contribution in [0.25, 0.3) is 0 Å². The fraction of sp³-hybridized carbons (Fsp3) is 0.321. The Balaban J connectivity index is 1.69. The monoisotopic (exact) mass is 473 g/mol. The van der Waals surface area contributed by atoms with Crippen molar-refractivity contribution >= 4 is 23.4 Å². The number of nitrogens with one attached hydrogen (secondary N) is 2. The second-order valence-electron chi connectivity index (χ2n) is 9.00. The van der Waals surface area contributed by atoms with Crippen molar-refractivity contribution in [1.29, 1.82) is 0 Å². The largest absolute Gasteiger partial charge is 0.459 e. The van der Waals surface area contributed by atoms with Crippen molar-refractivity contribution in [1.82, 2.24) is 10.6 Å². The molecule has 0 aliphatic heterocycles. The Kier molecular flexibility index (Phi) is 7.65. The van der Waals surface area contributed by atoms with Gasteiger partial charge in [0, 0.05) is 11.7 Å². The predicted octanol–water partition coefficient (Wildman–Crippen LogP) is 4.46. The Bertz CT molecular complexity index is 1170. The quantitative estimate of drug-likeness (QED) is 0.505. The molecule has 1 fully saturated rings. The third-order valence-electron chi connectivity index (χ3n) is 6.51. The standard InChI is InChI=1S/C28H31N3O4/c1-19-14-15-23(17-20(19)2)31(25(32)18-29-27(33)24-13-8-16-35-24)26(21-9-4-3-5-10-21)28(34)30-22-11-6-7-12-22/h3-5,8-10,13-17,22,26H,6-7,11-12,18H2,1-2H3,(H,29,33)(H,30,34)/t26-/m0/s1. The maximum Gasteiger partial charge on any atom is 0.287 e. The van der Waals surface area contributed by atoms with Crippen molar-refractivity contribution in [2.24, 2.45) is 0 Å². The first-order valence-corrected chi connectivity index (χ1v) is 12.0. The van der Waals surface area contributed by atoms with Crippen LogP contribution in [0.5, 0.6) is 0 Å². The molecule has 7 heteroatoms. The molecule has 4 rings (SSSR count). The molecular weight excluding hydrogens is 442 g/mol. The van der Waals surface area contributed by atoms with Crippen LogP contribution in [0.3, 0.4) is 0 Å². The van der Waals surface area contributed by atoms with Gasteiger partial charge < -0.3 is 15.1 Å². The smallest absolute Gasteiger partial charge is 0.287 e. The first-order chi connectivity index (χ1) is 16.9. The molecule has 35 heavy (non-hydrogen) atoms. The minimum Gasteiger partial charge on any atom is -0.459 e. The number of carbonyl (C=O) groups is 3. The summed E-state index contributed by atoms with van der Waals surface area (Å²) in [5, 5.41) is 5.78. The summed E-state index contributed by atoms with van der Waals surface area (Å²) in [6, 6.07) is 17.3. The number of anilines is 1. The zero-order chi connectivity index (χ0) is 24.8. The summed E-state index contributed by atoms with van der Waals surface area (Å²) in [5.74, 6) is -1.00. The highest BCUT2D eigenvalue weighted by atomic mass is 16.3. The molecule has 2 aromatic carbocycles. The molecule has 7 nitrogen and oxygen atoms in total. The van der Waals surface area contributed by atoms with Gasteiger partial charge in [0.1, 0.15) is 6.04 Å².